The molecule has 0 aliphatic rings. The van der Waals surface area contributed by atoms with Crippen LogP contribution in [-0.2, 0) is 5.75 Å². The van der Waals surface area contributed by atoms with Gasteiger partial charge in [0.2, 0.25) is 0 Å². The third-order valence-corrected chi connectivity index (χ3v) is 4.23. The molecule has 2 aromatic rings. The van der Waals surface area contributed by atoms with E-state index in [1.165, 1.54) is 11.8 Å². The maximum atomic E-state index is 11.2. The Labute approximate surface area is 126 Å². The van der Waals surface area contributed by atoms with Crippen LogP contribution in [0, 0.1) is 0 Å². The van der Waals surface area contributed by atoms with Crippen molar-refractivity contribution in [1.29, 1.82) is 0 Å². The van der Waals surface area contributed by atoms with Gasteiger partial charge in [0.15, 0.2) is 0 Å². The molecule has 5 heteroatoms. The van der Waals surface area contributed by atoms with Crippen LogP contribution < -0.4 is 4.74 Å². The highest BCUT2D eigenvalue weighted by molar-refractivity contribution is 7.98. The predicted octanol–water partition coefficient (Wildman–Crippen LogP) is 4.34. The fourth-order valence-corrected chi connectivity index (χ4v) is 3.05. The molecule has 0 saturated carbocycles. The van der Waals surface area contributed by atoms with E-state index in [4.69, 9.17) is 16.3 Å². The molecule has 0 aliphatic heterocycles. The molecule has 0 spiro atoms. The van der Waals surface area contributed by atoms with E-state index in [1.54, 1.807) is 25.3 Å². The molecule has 0 saturated heterocycles. The SMILES string of the molecule is COc1ccc(C(=O)O)c(SCc2ccccc2Cl)c1. The molecule has 0 aliphatic carbocycles. The van der Waals surface area contributed by atoms with Gasteiger partial charge in [-0.15, -0.1) is 11.8 Å². The summed E-state index contributed by atoms with van der Waals surface area (Å²) in [6, 6.07) is 12.4. The average Bonchev–Trinajstić information content (AvgIpc) is 2.46. The number of carboxylic acid groups (broad SMARTS) is 1. The standard InChI is InChI=1S/C15H13ClO3S/c1-19-11-6-7-12(15(17)18)14(8-11)20-9-10-4-2-3-5-13(10)16/h2-8H,9H2,1H3,(H,17,18). The number of hydrogen-bond acceptors (Lipinski definition) is 3. The molecule has 104 valence electrons. The number of carbonyl (C=O) groups is 1. The lowest BCUT2D eigenvalue weighted by Gasteiger charge is -2.09. The first-order chi connectivity index (χ1) is 9.61. The van der Waals surface area contributed by atoms with Gasteiger partial charge in [-0.25, -0.2) is 4.79 Å². The van der Waals surface area contributed by atoms with E-state index >= 15 is 0 Å². The summed E-state index contributed by atoms with van der Waals surface area (Å²) in [4.78, 5) is 11.9. The fourth-order valence-electron chi connectivity index (χ4n) is 1.70. The van der Waals surface area contributed by atoms with Crippen molar-refractivity contribution in [3.05, 3.63) is 58.6 Å². The van der Waals surface area contributed by atoms with E-state index in [2.05, 4.69) is 0 Å². The fraction of sp³-hybridized carbons (Fsp3) is 0.133. The summed E-state index contributed by atoms with van der Waals surface area (Å²) >= 11 is 7.52. The van der Waals surface area contributed by atoms with Gasteiger partial charge in [0, 0.05) is 15.7 Å². The molecule has 0 heterocycles. The molecule has 20 heavy (non-hydrogen) atoms. The van der Waals surface area contributed by atoms with Crippen LogP contribution in [0.1, 0.15) is 15.9 Å². The molecule has 0 fully saturated rings. The first-order valence-electron chi connectivity index (χ1n) is 5.89. The minimum Gasteiger partial charge on any atom is -0.497 e. The molecule has 0 atom stereocenters. The second-order valence-electron chi connectivity index (χ2n) is 4.05. The van der Waals surface area contributed by atoms with Gasteiger partial charge in [0.25, 0.3) is 0 Å². The molecule has 2 rings (SSSR count). The van der Waals surface area contributed by atoms with Crippen LogP contribution in [0.25, 0.3) is 0 Å². The smallest absolute Gasteiger partial charge is 0.336 e. The molecule has 3 nitrogen and oxygen atoms in total. The number of hydrogen-bond donors (Lipinski definition) is 1. The number of benzene rings is 2. The summed E-state index contributed by atoms with van der Waals surface area (Å²) in [6.45, 7) is 0. The van der Waals surface area contributed by atoms with Crippen LogP contribution in [0.4, 0.5) is 0 Å². The van der Waals surface area contributed by atoms with Crippen LogP contribution in [0.3, 0.4) is 0 Å². The van der Waals surface area contributed by atoms with Gasteiger partial charge < -0.3 is 9.84 Å². The van der Waals surface area contributed by atoms with E-state index in [9.17, 15) is 9.90 Å². The Morgan fingerprint density at radius 3 is 2.70 bits per heavy atom. The lowest BCUT2D eigenvalue weighted by molar-refractivity contribution is 0.0693. The molecule has 0 aromatic heterocycles. The molecule has 2 aromatic carbocycles. The van der Waals surface area contributed by atoms with Gasteiger partial charge in [-0.1, -0.05) is 29.8 Å². The highest BCUT2D eigenvalue weighted by Crippen LogP contribution is 2.31. The van der Waals surface area contributed by atoms with Crippen molar-refractivity contribution in [1.82, 2.24) is 0 Å². The number of carboxylic acids is 1. The Morgan fingerprint density at radius 1 is 1.30 bits per heavy atom. The lowest BCUT2D eigenvalue weighted by atomic mass is 10.2. The Kier molecular flexibility index (Phi) is 4.93. The molecule has 0 bridgehead atoms. The van der Waals surface area contributed by atoms with Crippen molar-refractivity contribution in [2.75, 3.05) is 7.11 Å². The number of halogens is 1. The summed E-state index contributed by atoms with van der Waals surface area (Å²) in [6.07, 6.45) is 0. The van der Waals surface area contributed by atoms with E-state index in [0.29, 0.717) is 21.4 Å². The molecule has 0 amide bonds. The van der Waals surface area contributed by atoms with Crippen molar-refractivity contribution in [3.8, 4) is 5.75 Å². The molecule has 0 unspecified atom stereocenters. The molecule has 1 N–H and O–H groups in total. The zero-order valence-corrected chi connectivity index (χ0v) is 12.4. The van der Waals surface area contributed by atoms with Crippen molar-refractivity contribution in [3.63, 3.8) is 0 Å². The Balaban J connectivity index is 2.24. The second kappa shape index (κ2) is 6.68. The number of rotatable bonds is 5. The summed E-state index contributed by atoms with van der Waals surface area (Å²) in [5.74, 6) is 0.290. The van der Waals surface area contributed by atoms with Gasteiger partial charge in [-0.2, -0.15) is 0 Å². The minimum absolute atomic E-state index is 0.267. The van der Waals surface area contributed by atoms with Crippen molar-refractivity contribution in [2.45, 2.75) is 10.6 Å². The normalized spacial score (nSPS) is 10.3. The van der Waals surface area contributed by atoms with Crippen LogP contribution in [0.2, 0.25) is 5.02 Å². The zero-order valence-electron chi connectivity index (χ0n) is 10.8. The first-order valence-corrected chi connectivity index (χ1v) is 7.25. The molecule has 0 radical (unpaired) electrons. The largest absolute Gasteiger partial charge is 0.497 e. The summed E-state index contributed by atoms with van der Waals surface area (Å²) < 4.78 is 5.13. The van der Waals surface area contributed by atoms with E-state index in [-0.39, 0.29) is 5.56 Å². The lowest BCUT2D eigenvalue weighted by Crippen LogP contribution is -1.99. The van der Waals surface area contributed by atoms with Crippen molar-refractivity contribution < 1.29 is 14.6 Å². The average molecular weight is 309 g/mol. The number of thioether (sulfide) groups is 1. The van der Waals surface area contributed by atoms with Gasteiger partial charge in [-0.05, 0) is 29.8 Å². The topological polar surface area (TPSA) is 46.5 Å². The Hall–Kier alpha value is -1.65. The van der Waals surface area contributed by atoms with E-state index < -0.39 is 5.97 Å². The Bertz CT molecular complexity index is 628. The summed E-state index contributed by atoms with van der Waals surface area (Å²) in [7, 11) is 1.55. The number of aromatic carboxylic acids is 1. The predicted molar refractivity (Wildman–Crippen MR) is 81.0 cm³/mol. The molecular weight excluding hydrogens is 296 g/mol. The maximum absolute atomic E-state index is 11.2. The van der Waals surface area contributed by atoms with Gasteiger partial charge in [-0.3, -0.25) is 0 Å². The van der Waals surface area contributed by atoms with E-state index in [0.717, 1.165) is 5.56 Å². The summed E-state index contributed by atoms with van der Waals surface area (Å²) in [5, 5.41) is 9.88. The quantitative estimate of drug-likeness (QED) is 0.835. The highest BCUT2D eigenvalue weighted by Gasteiger charge is 2.12. The van der Waals surface area contributed by atoms with Gasteiger partial charge in [0.05, 0.1) is 12.7 Å². The summed E-state index contributed by atoms with van der Waals surface area (Å²) in [5.41, 5.74) is 1.24. The van der Waals surface area contributed by atoms with Gasteiger partial charge in [0.1, 0.15) is 5.75 Å². The third-order valence-electron chi connectivity index (χ3n) is 2.76. The first kappa shape index (κ1) is 14.8. The number of methoxy groups -OCH3 is 1. The van der Waals surface area contributed by atoms with Crippen molar-refractivity contribution >= 4 is 29.3 Å². The number of ether oxygens (including phenoxy) is 1. The van der Waals surface area contributed by atoms with Crippen LogP contribution in [-0.4, -0.2) is 18.2 Å². The van der Waals surface area contributed by atoms with E-state index in [1.807, 2.05) is 24.3 Å². The molecular formula is C15H13ClO3S. The van der Waals surface area contributed by atoms with Gasteiger partial charge >= 0.3 is 5.97 Å². The third kappa shape index (κ3) is 3.46. The monoisotopic (exact) mass is 308 g/mol. The highest BCUT2D eigenvalue weighted by atomic mass is 35.5. The zero-order chi connectivity index (χ0) is 14.5. The second-order valence-corrected chi connectivity index (χ2v) is 5.47. The minimum atomic E-state index is -0.950. The maximum Gasteiger partial charge on any atom is 0.336 e. The van der Waals surface area contributed by atoms with Crippen molar-refractivity contribution in [2.24, 2.45) is 0 Å². The van der Waals surface area contributed by atoms with Crippen LogP contribution in [0.15, 0.2) is 47.4 Å². The Morgan fingerprint density at radius 2 is 2.05 bits per heavy atom. The van der Waals surface area contributed by atoms with Crippen LogP contribution >= 0.6 is 23.4 Å². The van der Waals surface area contributed by atoms with Crippen LogP contribution in [0.5, 0.6) is 5.75 Å².